The molecule has 0 radical (unpaired) electrons. The minimum atomic E-state index is -1.29. The molecule has 0 saturated carbocycles. The Morgan fingerprint density at radius 3 is 1.64 bits per heavy atom. The molecule has 226 valence electrons. The van der Waals surface area contributed by atoms with Gasteiger partial charge in [-0.3, -0.25) is 19.2 Å². The van der Waals surface area contributed by atoms with Crippen molar-refractivity contribution in [1.29, 1.82) is 0 Å². The van der Waals surface area contributed by atoms with E-state index in [4.69, 9.17) is 46.4 Å². The molecule has 45 heavy (non-hydrogen) atoms. The average Bonchev–Trinajstić information content (AvgIpc) is 3.31. The van der Waals surface area contributed by atoms with Crippen LogP contribution in [-0.2, 0) is 9.59 Å². The number of nitrogens with zero attached hydrogens (tertiary/aromatic N) is 2. The number of ketones is 1. The minimum Gasteiger partial charge on any atom is -0.292 e. The maximum absolute atomic E-state index is 14.7. The fourth-order valence-electron chi connectivity index (χ4n) is 7.28. The van der Waals surface area contributed by atoms with Crippen molar-refractivity contribution >= 4 is 69.9 Å². The molecule has 6 nitrogen and oxygen atoms in total. The van der Waals surface area contributed by atoms with Crippen molar-refractivity contribution in [3.63, 3.8) is 0 Å². The van der Waals surface area contributed by atoms with Crippen molar-refractivity contribution in [3.8, 4) is 0 Å². The van der Waals surface area contributed by atoms with Crippen molar-refractivity contribution in [2.45, 2.75) is 24.3 Å². The van der Waals surface area contributed by atoms with Gasteiger partial charge in [0.2, 0.25) is 0 Å². The van der Waals surface area contributed by atoms with E-state index in [0.29, 0.717) is 5.02 Å². The van der Waals surface area contributed by atoms with Gasteiger partial charge in [-0.05, 0) is 71.1 Å². The van der Waals surface area contributed by atoms with E-state index in [-0.39, 0.29) is 33.5 Å². The van der Waals surface area contributed by atoms with Crippen LogP contribution in [0.15, 0.2) is 91.0 Å². The van der Waals surface area contributed by atoms with E-state index in [2.05, 4.69) is 0 Å². The molecule has 1 aliphatic heterocycles. The minimum absolute atomic E-state index is 0.0274. The first kappa shape index (κ1) is 30.0. The maximum atomic E-state index is 14.7. The van der Waals surface area contributed by atoms with Crippen LogP contribution in [-0.4, -0.2) is 45.4 Å². The van der Waals surface area contributed by atoms with E-state index >= 15 is 0 Å². The van der Waals surface area contributed by atoms with Gasteiger partial charge >= 0.3 is 0 Å². The van der Waals surface area contributed by atoms with Crippen molar-refractivity contribution in [3.05, 3.63) is 139 Å². The Bertz CT molecular complexity index is 1780. The molecular weight excluding hydrogens is 654 g/mol. The Kier molecular flexibility index (Phi) is 7.73. The summed E-state index contributed by atoms with van der Waals surface area (Å²) in [7, 11) is 0. The summed E-state index contributed by atoms with van der Waals surface area (Å²) in [5.74, 6) is -4.68. The number of benzene rings is 4. The number of hydrogen-bond acceptors (Lipinski definition) is 4. The number of alkyl halides is 1. The monoisotopic (exact) mass is 676 g/mol. The Labute approximate surface area is 279 Å². The Morgan fingerprint density at radius 2 is 1.18 bits per heavy atom. The number of carbonyl (C=O) groups excluding carboxylic acids is 4. The summed E-state index contributed by atoms with van der Waals surface area (Å²) in [6.07, 6.45) is -0.0320. The van der Waals surface area contributed by atoms with Gasteiger partial charge in [-0.2, -0.15) is 5.01 Å². The molecule has 3 aliphatic carbocycles. The molecule has 3 atom stereocenters. The molecule has 4 aromatic carbocycles. The zero-order valence-electron chi connectivity index (χ0n) is 23.5. The quantitative estimate of drug-likeness (QED) is 0.114. The molecule has 1 heterocycles. The molecule has 1 saturated heterocycles. The molecule has 8 rings (SSSR count). The molecule has 0 aromatic heterocycles. The van der Waals surface area contributed by atoms with Crippen LogP contribution < -0.4 is 0 Å². The lowest BCUT2D eigenvalue weighted by Gasteiger charge is -2.45. The van der Waals surface area contributed by atoms with E-state index < -0.39 is 53.2 Å². The Hall–Kier alpha value is -3.68. The van der Waals surface area contributed by atoms with Crippen molar-refractivity contribution in [2.24, 2.45) is 11.8 Å². The number of rotatable bonds is 7. The van der Waals surface area contributed by atoms with Crippen LogP contribution in [0.5, 0.6) is 0 Å². The van der Waals surface area contributed by atoms with Crippen LogP contribution in [0.4, 0.5) is 0 Å². The average molecular weight is 678 g/mol. The lowest BCUT2D eigenvalue weighted by molar-refractivity contribution is -0.156. The third-order valence-electron chi connectivity index (χ3n) is 9.12. The summed E-state index contributed by atoms with van der Waals surface area (Å²) in [4.78, 5) is 58.0. The van der Waals surface area contributed by atoms with Gasteiger partial charge < -0.3 is 0 Å². The number of hydrazine groups is 1. The van der Waals surface area contributed by atoms with E-state index in [1.54, 1.807) is 12.1 Å². The first-order chi connectivity index (χ1) is 21.7. The smallest absolute Gasteiger partial charge is 0.273 e. The molecular formula is C35H24Cl4N2O4. The Balaban J connectivity index is 1.39. The van der Waals surface area contributed by atoms with Gasteiger partial charge in [0.05, 0.1) is 21.9 Å². The first-order valence-corrected chi connectivity index (χ1v) is 16.1. The number of halogens is 4. The van der Waals surface area contributed by atoms with Crippen LogP contribution in [0.2, 0.25) is 15.1 Å². The number of Topliss-reactive ketones (excluding diaryl/α,β-unsaturated/α-hetero) is 1. The molecule has 0 unspecified atom stereocenters. The standard InChI is InChI=1S/C35H24Cl4N2O4/c36-16-15-27(32(42)18-9-12-20(37)13-10-18)40(33(43)19-11-14-25(38)26(39)17-19)41-34(44)30-28-21-5-1-2-6-22(21)29(31(30)35(41)45)24-8-4-3-7-23(24)28/h1-14,17,27-31H,15-16H2/t27-,28?,29?,30-,31+/m0/s1. The molecule has 4 aliphatic rings. The van der Waals surface area contributed by atoms with Crippen LogP contribution in [0.3, 0.4) is 0 Å². The highest BCUT2D eigenvalue weighted by Crippen LogP contribution is 2.61. The summed E-state index contributed by atoms with van der Waals surface area (Å²) >= 11 is 24.8. The van der Waals surface area contributed by atoms with Gasteiger partial charge in [0.25, 0.3) is 17.7 Å². The number of carbonyl (C=O) groups is 4. The second-order valence-corrected chi connectivity index (χ2v) is 13.0. The van der Waals surface area contributed by atoms with Gasteiger partial charge in [0, 0.05) is 33.9 Å². The highest BCUT2D eigenvalue weighted by atomic mass is 35.5. The fraction of sp³-hybridized carbons (Fsp3) is 0.200. The zero-order chi connectivity index (χ0) is 31.6. The van der Waals surface area contributed by atoms with Gasteiger partial charge in [0.15, 0.2) is 5.78 Å². The number of imide groups is 1. The number of hydrogen-bond donors (Lipinski definition) is 0. The zero-order valence-corrected chi connectivity index (χ0v) is 26.5. The molecule has 0 spiro atoms. The summed E-state index contributed by atoms with van der Waals surface area (Å²) in [6.45, 7) is 0. The Morgan fingerprint density at radius 1 is 0.689 bits per heavy atom. The summed E-state index contributed by atoms with van der Waals surface area (Å²) < 4.78 is 0. The van der Waals surface area contributed by atoms with Crippen molar-refractivity contribution in [2.75, 3.05) is 5.88 Å². The molecule has 10 heteroatoms. The van der Waals surface area contributed by atoms with Gasteiger partial charge in [-0.25, -0.2) is 5.01 Å². The molecule has 4 aromatic rings. The van der Waals surface area contributed by atoms with Gasteiger partial charge in [-0.1, -0.05) is 83.3 Å². The lowest BCUT2D eigenvalue weighted by Crippen LogP contribution is -2.57. The third kappa shape index (κ3) is 4.69. The molecule has 1 fully saturated rings. The predicted octanol–water partition coefficient (Wildman–Crippen LogP) is 7.78. The van der Waals surface area contributed by atoms with E-state index in [1.807, 2.05) is 48.5 Å². The molecule has 3 amide bonds. The van der Waals surface area contributed by atoms with E-state index in [0.717, 1.165) is 32.3 Å². The van der Waals surface area contributed by atoms with E-state index in [9.17, 15) is 19.2 Å². The summed E-state index contributed by atoms with van der Waals surface area (Å²) in [5, 5.41) is 2.66. The fourth-order valence-corrected chi connectivity index (χ4v) is 7.91. The highest BCUT2D eigenvalue weighted by Gasteiger charge is 2.63. The predicted molar refractivity (Wildman–Crippen MR) is 173 cm³/mol. The van der Waals surface area contributed by atoms with Gasteiger partial charge in [-0.15, -0.1) is 11.6 Å². The topological polar surface area (TPSA) is 74.8 Å². The third-order valence-corrected chi connectivity index (χ3v) is 10.3. The summed E-state index contributed by atoms with van der Waals surface area (Å²) in [5.41, 5.74) is 4.25. The van der Waals surface area contributed by atoms with Crippen molar-refractivity contribution < 1.29 is 19.2 Å². The SMILES string of the molecule is O=C(c1ccc(Cl)cc1)[C@H](CCCl)N(C(=O)c1ccc(Cl)c(Cl)c1)N1C(=O)[C@@H]2C3c4ccccc4C(c4ccccc43)[C@@H]2C1=O. The second kappa shape index (κ2) is 11.6. The number of amides is 3. The molecule has 0 N–H and O–H groups in total. The normalized spacial score (nSPS) is 21.6. The van der Waals surface area contributed by atoms with Gasteiger partial charge in [0.1, 0.15) is 6.04 Å². The van der Waals surface area contributed by atoms with Crippen molar-refractivity contribution in [1.82, 2.24) is 10.0 Å². The van der Waals surface area contributed by atoms with Crippen LogP contribution in [0.25, 0.3) is 0 Å². The largest absolute Gasteiger partial charge is 0.292 e. The molecule has 2 bridgehead atoms. The van der Waals surface area contributed by atoms with Crippen LogP contribution in [0.1, 0.15) is 61.2 Å². The summed E-state index contributed by atoms with van der Waals surface area (Å²) in [6, 6.07) is 24.9. The highest BCUT2D eigenvalue weighted by molar-refractivity contribution is 6.42. The van der Waals surface area contributed by atoms with Crippen LogP contribution >= 0.6 is 46.4 Å². The van der Waals surface area contributed by atoms with E-state index in [1.165, 1.54) is 30.3 Å². The van der Waals surface area contributed by atoms with Crippen LogP contribution in [0, 0.1) is 11.8 Å². The lowest BCUT2D eigenvalue weighted by atomic mass is 9.55. The first-order valence-electron chi connectivity index (χ1n) is 14.4. The maximum Gasteiger partial charge on any atom is 0.273 e. The second-order valence-electron chi connectivity index (χ2n) is 11.4.